The van der Waals surface area contributed by atoms with E-state index in [4.69, 9.17) is 0 Å². The molecule has 2 unspecified atom stereocenters. The predicted octanol–water partition coefficient (Wildman–Crippen LogP) is 3.21. The Balaban J connectivity index is 1.20. The predicted molar refractivity (Wildman–Crippen MR) is 150 cm³/mol. The van der Waals surface area contributed by atoms with Crippen LogP contribution in [0.1, 0.15) is 29.2 Å². The zero-order chi connectivity index (χ0) is 26.8. The van der Waals surface area contributed by atoms with Crippen molar-refractivity contribution in [2.24, 2.45) is 0 Å². The molecule has 198 valence electrons. The van der Waals surface area contributed by atoms with Crippen molar-refractivity contribution in [3.05, 3.63) is 106 Å². The van der Waals surface area contributed by atoms with E-state index >= 15 is 0 Å². The quantitative estimate of drug-likeness (QED) is 0.422. The fraction of sp³-hybridized carbons (Fsp3) is 0.323. The number of amides is 1. The van der Waals surface area contributed by atoms with Gasteiger partial charge in [-0.3, -0.25) is 19.2 Å². The number of aromatic nitrogens is 2. The smallest absolute Gasteiger partial charge is 0.327 e. The topological polar surface area (TPSA) is 88.4 Å². The van der Waals surface area contributed by atoms with Gasteiger partial charge in [-0.15, -0.1) is 0 Å². The summed E-state index contributed by atoms with van der Waals surface area (Å²) in [6, 6.07) is 26.8. The van der Waals surface area contributed by atoms with Gasteiger partial charge in [-0.05, 0) is 35.7 Å². The maximum atomic E-state index is 14.1. The van der Waals surface area contributed by atoms with Gasteiger partial charge in [-0.2, -0.15) is 5.26 Å². The van der Waals surface area contributed by atoms with Gasteiger partial charge in [-0.25, -0.2) is 4.79 Å². The molecule has 2 saturated heterocycles. The minimum Gasteiger partial charge on any atom is -0.339 e. The van der Waals surface area contributed by atoms with E-state index < -0.39 is 6.04 Å². The minimum atomic E-state index is -0.803. The van der Waals surface area contributed by atoms with Crippen LogP contribution in [-0.4, -0.2) is 75.5 Å². The first kappa shape index (κ1) is 25.1. The zero-order valence-corrected chi connectivity index (χ0v) is 21.9. The number of nitriles is 1. The monoisotopic (exact) mass is 520 g/mol. The summed E-state index contributed by atoms with van der Waals surface area (Å²) >= 11 is 0. The third-order valence-electron chi connectivity index (χ3n) is 8.10. The Labute approximate surface area is 227 Å². The van der Waals surface area contributed by atoms with Gasteiger partial charge in [0.1, 0.15) is 6.04 Å². The molecule has 6 rings (SSSR count). The lowest BCUT2D eigenvalue weighted by Crippen LogP contribution is -2.51. The lowest BCUT2D eigenvalue weighted by atomic mass is 10.0. The Bertz CT molecular complexity index is 1550. The average molecular weight is 521 g/mol. The van der Waals surface area contributed by atoms with E-state index in [0.29, 0.717) is 35.7 Å². The van der Waals surface area contributed by atoms with Gasteiger partial charge < -0.3 is 9.88 Å². The second-order valence-corrected chi connectivity index (χ2v) is 10.5. The highest BCUT2D eigenvalue weighted by Crippen LogP contribution is 2.27. The molecular formula is C31H32N6O2. The number of imidazole rings is 1. The molecular weight excluding hydrogens is 488 g/mol. The molecule has 3 heterocycles. The number of fused-ring (bicyclic) bond motifs is 1. The molecule has 1 aromatic heterocycles. The molecule has 0 aliphatic carbocycles. The highest BCUT2D eigenvalue weighted by Gasteiger charge is 2.37. The standard InChI is InChI=1S/C31H32N6O2/c32-20-24-11-12-27-28(19-24)37(31(39)33-27)29(25-9-5-2-6-10-25)30(38)36-14-13-26(22-36)35-17-15-34(16-18-35)21-23-7-3-1-4-8-23/h1-12,19,26,29H,13-18,21-22H2,(H,33,39). The zero-order valence-electron chi connectivity index (χ0n) is 21.9. The molecule has 2 atom stereocenters. The minimum absolute atomic E-state index is 0.0863. The van der Waals surface area contributed by atoms with Crippen LogP contribution in [0, 0.1) is 11.3 Å². The number of nitrogens with zero attached hydrogens (tertiary/aromatic N) is 5. The number of likely N-dealkylation sites (tertiary alicyclic amines) is 1. The van der Waals surface area contributed by atoms with Crippen LogP contribution in [0.4, 0.5) is 0 Å². The lowest BCUT2D eigenvalue weighted by molar-refractivity contribution is -0.132. The van der Waals surface area contributed by atoms with Crippen molar-refractivity contribution in [3.8, 4) is 6.07 Å². The van der Waals surface area contributed by atoms with Crippen molar-refractivity contribution >= 4 is 16.9 Å². The molecule has 1 amide bonds. The number of carbonyl (C=O) groups excluding carboxylic acids is 1. The van der Waals surface area contributed by atoms with Crippen LogP contribution in [0.15, 0.2) is 83.7 Å². The van der Waals surface area contributed by atoms with Gasteiger partial charge in [0, 0.05) is 51.9 Å². The number of benzene rings is 3. The number of rotatable bonds is 6. The second-order valence-electron chi connectivity index (χ2n) is 10.5. The van der Waals surface area contributed by atoms with Crippen LogP contribution in [-0.2, 0) is 11.3 Å². The maximum absolute atomic E-state index is 14.1. The Morgan fingerprint density at radius 2 is 1.67 bits per heavy atom. The Morgan fingerprint density at radius 1 is 0.949 bits per heavy atom. The van der Waals surface area contributed by atoms with Gasteiger partial charge in [0.05, 0.1) is 22.7 Å². The highest BCUT2D eigenvalue weighted by atomic mass is 16.2. The average Bonchev–Trinajstić information content (AvgIpc) is 3.59. The van der Waals surface area contributed by atoms with Gasteiger partial charge in [0.15, 0.2) is 0 Å². The van der Waals surface area contributed by atoms with Crippen molar-refractivity contribution in [2.75, 3.05) is 39.3 Å². The largest absolute Gasteiger partial charge is 0.339 e. The molecule has 0 bridgehead atoms. The van der Waals surface area contributed by atoms with Crippen LogP contribution in [0.3, 0.4) is 0 Å². The highest BCUT2D eigenvalue weighted by molar-refractivity contribution is 5.87. The number of H-pyrrole nitrogens is 1. The van der Waals surface area contributed by atoms with Crippen LogP contribution >= 0.6 is 0 Å². The number of hydrogen-bond donors (Lipinski definition) is 1. The molecule has 2 aliphatic rings. The lowest BCUT2D eigenvalue weighted by Gasteiger charge is -2.38. The normalized spacial score (nSPS) is 19.3. The summed E-state index contributed by atoms with van der Waals surface area (Å²) in [7, 11) is 0. The van der Waals surface area contributed by atoms with Crippen molar-refractivity contribution < 1.29 is 4.79 Å². The van der Waals surface area contributed by atoms with E-state index in [9.17, 15) is 14.9 Å². The molecule has 39 heavy (non-hydrogen) atoms. The van der Waals surface area contributed by atoms with Crippen molar-refractivity contribution in [1.29, 1.82) is 5.26 Å². The van der Waals surface area contributed by atoms with Crippen LogP contribution in [0.5, 0.6) is 0 Å². The van der Waals surface area contributed by atoms with Gasteiger partial charge in [0.2, 0.25) is 0 Å². The van der Waals surface area contributed by atoms with E-state index in [1.165, 1.54) is 10.1 Å². The third-order valence-corrected chi connectivity index (χ3v) is 8.10. The molecule has 2 fully saturated rings. The van der Waals surface area contributed by atoms with Gasteiger partial charge in [-0.1, -0.05) is 60.7 Å². The molecule has 0 radical (unpaired) electrons. The van der Waals surface area contributed by atoms with E-state index in [-0.39, 0.29) is 11.6 Å². The second kappa shape index (κ2) is 10.9. The van der Waals surface area contributed by atoms with E-state index in [0.717, 1.165) is 44.7 Å². The van der Waals surface area contributed by atoms with E-state index in [1.807, 2.05) is 35.2 Å². The molecule has 8 nitrogen and oxygen atoms in total. The summed E-state index contributed by atoms with van der Waals surface area (Å²) in [6.45, 7) is 6.28. The van der Waals surface area contributed by atoms with E-state index in [2.05, 4.69) is 51.2 Å². The summed E-state index contributed by atoms with van der Waals surface area (Å²) in [6.07, 6.45) is 0.924. The first-order chi connectivity index (χ1) is 19.1. The summed E-state index contributed by atoms with van der Waals surface area (Å²) in [5.41, 5.74) is 3.36. The Hall–Kier alpha value is -4.19. The molecule has 8 heteroatoms. The summed E-state index contributed by atoms with van der Waals surface area (Å²) in [5, 5.41) is 9.44. The molecule has 0 saturated carbocycles. The first-order valence-corrected chi connectivity index (χ1v) is 13.6. The SMILES string of the molecule is N#Cc1ccc2[nH]c(=O)n(C(C(=O)N3CCC(N4CCN(Cc5ccccc5)CC4)C3)c3ccccc3)c2c1. The fourth-order valence-electron chi connectivity index (χ4n) is 6.03. The molecule has 2 aliphatic heterocycles. The maximum Gasteiger partial charge on any atom is 0.327 e. The number of carbonyl (C=O) groups is 1. The number of aromatic amines is 1. The molecule has 4 aromatic rings. The van der Waals surface area contributed by atoms with Crippen LogP contribution < -0.4 is 5.69 Å². The van der Waals surface area contributed by atoms with Crippen molar-refractivity contribution in [1.82, 2.24) is 24.3 Å². The molecule has 3 aromatic carbocycles. The fourth-order valence-corrected chi connectivity index (χ4v) is 6.03. The number of piperazine rings is 1. The van der Waals surface area contributed by atoms with E-state index in [1.54, 1.807) is 18.2 Å². The third kappa shape index (κ3) is 5.11. The Kier molecular flexibility index (Phi) is 7.01. The number of nitrogens with one attached hydrogen (secondary N) is 1. The van der Waals surface area contributed by atoms with Crippen molar-refractivity contribution in [3.63, 3.8) is 0 Å². The molecule has 0 spiro atoms. The number of hydrogen-bond acceptors (Lipinski definition) is 5. The van der Waals surface area contributed by atoms with Crippen molar-refractivity contribution in [2.45, 2.75) is 25.0 Å². The summed E-state index contributed by atoms with van der Waals surface area (Å²) in [5.74, 6) is -0.0863. The summed E-state index contributed by atoms with van der Waals surface area (Å²) in [4.78, 5) is 37.1. The van der Waals surface area contributed by atoms with Crippen LogP contribution in [0.2, 0.25) is 0 Å². The van der Waals surface area contributed by atoms with Gasteiger partial charge >= 0.3 is 5.69 Å². The Morgan fingerprint density at radius 3 is 2.38 bits per heavy atom. The summed E-state index contributed by atoms with van der Waals surface area (Å²) < 4.78 is 1.52. The first-order valence-electron chi connectivity index (χ1n) is 13.6. The molecule has 1 N–H and O–H groups in total. The van der Waals surface area contributed by atoms with Crippen LogP contribution in [0.25, 0.3) is 11.0 Å². The van der Waals surface area contributed by atoms with Gasteiger partial charge in [0.25, 0.3) is 5.91 Å².